The molecule has 5 heteroatoms. The molecule has 2 aromatic carbocycles. The third kappa shape index (κ3) is 4.14. The molecular formula is C15H12Cl3NO. The van der Waals surface area contributed by atoms with E-state index in [0.717, 1.165) is 5.56 Å². The monoisotopic (exact) mass is 327 g/mol. The lowest BCUT2D eigenvalue weighted by molar-refractivity contribution is -0.116. The lowest BCUT2D eigenvalue weighted by Crippen LogP contribution is -2.12. The number of amides is 1. The first-order valence-electron chi connectivity index (χ1n) is 6.04. The summed E-state index contributed by atoms with van der Waals surface area (Å²) in [4.78, 5) is 11.9. The topological polar surface area (TPSA) is 29.1 Å². The molecule has 1 amide bonds. The van der Waals surface area contributed by atoms with Crippen LogP contribution in [-0.4, -0.2) is 5.91 Å². The highest BCUT2D eigenvalue weighted by atomic mass is 35.5. The van der Waals surface area contributed by atoms with E-state index >= 15 is 0 Å². The normalized spacial score (nSPS) is 10.3. The first kappa shape index (κ1) is 15.2. The Kier molecular flexibility index (Phi) is 5.30. The van der Waals surface area contributed by atoms with Crippen LogP contribution in [0.4, 0.5) is 5.69 Å². The van der Waals surface area contributed by atoms with Crippen LogP contribution in [-0.2, 0) is 11.2 Å². The highest BCUT2D eigenvalue weighted by molar-refractivity contribution is 6.36. The fourth-order valence-corrected chi connectivity index (χ4v) is 2.44. The molecule has 0 aliphatic carbocycles. The summed E-state index contributed by atoms with van der Waals surface area (Å²) in [5.74, 6) is -0.117. The SMILES string of the molecule is O=C(CCc1ccccc1Cl)Nc1ccc(Cl)cc1Cl. The van der Waals surface area contributed by atoms with Crippen molar-refractivity contribution >= 4 is 46.4 Å². The number of carbonyl (C=O) groups is 1. The predicted octanol–water partition coefficient (Wildman–Crippen LogP) is 5.22. The maximum atomic E-state index is 11.9. The highest BCUT2D eigenvalue weighted by Gasteiger charge is 2.08. The van der Waals surface area contributed by atoms with Gasteiger partial charge in [0.15, 0.2) is 0 Å². The van der Waals surface area contributed by atoms with Crippen LogP contribution >= 0.6 is 34.8 Å². The van der Waals surface area contributed by atoms with Crippen LogP contribution in [0.25, 0.3) is 0 Å². The van der Waals surface area contributed by atoms with Gasteiger partial charge in [0.1, 0.15) is 0 Å². The van der Waals surface area contributed by atoms with Gasteiger partial charge in [-0.2, -0.15) is 0 Å². The number of benzene rings is 2. The van der Waals surface area contributed by atoms with E-state index in [4.69, 9.17) is 34.8 Å². The molecule has 0 aliphatic heterocycles. The van der Waals surface area contributed by atoms with Gasteiger partial charge in [0.2, 0.25) is 5.91 Å². The molecule has 2 nitrogen and oxygen atoms in total. The van der Waals surface area contributed by atoms with Crippen LogP contribution in [0.3, 0.4) is 0 Å². The molecule has 0 bridgehead atoms. The van der Waals surface area contributed by atoms with Crippen LogP contribution in [0, 0.1) is 0 Å². The van der Waals surface area contributed by atoms with Crippen molar-refractivity contribution in [3.63, 3.8) is 0 Å². The van der Waals surface area contributed by atoms with Crippen LogP contribution in [0.15, 0.2) is 42.5 Å². The average molecular weight is 329 g/mol. The van der Waals surface area contributed by atoms with Crippen molar-refractivity contribution in [2.75, 3.05) is 5.32 Å². The lowest BCUT2D eigenvalue weighted by Gasteiger charge is -2.08. The highest BCUT2D eigenvalue weighted by Crippen LogP contribution is 2.25. The van der Waals surface area contributed by atoms with E-state index in [1.165, 1.54) is 0 Å². The van der Waals surface area contributed by atoms with Gasteiger partial charge in [-0.1, -0.05) is 53.0 Å². The van der Waals surface area contributed by atoms with Gasteiger partial charge < -0.3 is 5.32 Å². The van der Waals surface area contributed by atoms with Gasteiger partial charge in [0.05, 0.1) is 10.7 Å². The smallest absolute Gasteiger partial charge is 0.224 e. The first-order chi connectivity index (χ1) is 9.56. The second-order valence-electron chi connectivity index (χ2n) is 4.26. The molecule has 1 N–H and O–H groups in total. The zero-order chi connectivity index (χ0) is 14.5. The van der Waals surface area contributed by atoms with Crippen LogP contribution < -0.4 is 5.32 Å². The number of hydrogen-bond acceptors (Lipinski definition) is 1. The number of rotatable bonds is 4. The minimum atomic E-state index is -0.117. The van der Waals surface area contributed by atoms with E-state index in [9.17, 15) is 4.79 Å². The molecule has 0 atom stereocenters. The number of hydrogen-bond donors (Lipinski definition) is 1. The molecule has 2 aromatic rings. The second kappa shape index (κ2) is 6.98. The van der Waals surface area contributed by atoms with Crippen molar-refractivity contribution in [2.24, 2.45) is 0 Å². The van der Waals surface area contributed by atoms with E-state index in [2.05, 4.69) is 5.32 Å². The van der Waals surface area contributed by atoms with Gasteiger partial charge in [-0.3, -0.25) is 4.79 Å². The largest absolute Gasteiger partial charge is 0.325 e. The zero-order valence-electron chi connectivity index (χ0n) is 10.5. The molecular weight excluding hydrogens is 317 g/mol. The summed E-state index contributed by atoms with van der Waals surface area (Å²) < 4.78 is 0. The van der Waals surface area contributed by atoms with Crippen molar-refractivity contribution in [1.82, 2.24) is 0 Å². The van der Waals surface area contributed by atoms with E-state index < -0.39 is 0 Å². The third-order valence-electron chi connectivity index (χ3n) is 2.78. The van der Waals surface area contributed by atoms with E-state index in [0.29, 0.717) is 33.6 Å². The van der Waals surface area contributed by atoms with E-state index in [1.54, 1.807) is 18.2 Å². The number of aryl methyl sites for hydroxylation is 1. The molecule has 2 rings (SSSR count). The summed E-state index contributed by atoms with van der Waals surface area (Å²) >= 11 is 17.8. The quantitative estimate of drug-likeness (QED) is 0.819. The molecule has 0 aliphatic rings. The number of nitrogens with one attached hydrogen (secondary N) is 1. The Morgan fingerprint density at radius 3 is 2.45 bits per heavy atom. The Morgan fingerprint density at radius 1 is 1.00 bits per heavy atom. The summed E-state index contributed by atoms with van der Waals surface area (Å²) in [5, 5.41) is 4.38. The minimum absolute atomic E-state index is 0.117. The van der Waals surface area contributed by atoms with Crippen molar-refractivity contribution in [1.29, 1.82) is 0 Å². The molecule has 0 radical (unpaired) electrons. The Bertz CT molecular complexity index is 628. The Morgan fingerprint density at radius 2 is 1.75 bits per heavy atom. The summed E-state index contributed by atoms with van der Waals surface area (Å²) in [6.45, 7) is 0. The molecule has 0 heterocycles. The third-order valence-corrected chi connectivity index (χ3v) is 3.70. The predicted molar refractivity (Wildman–Crippen MR) is 84.9 cm³/mol. The first-order valence-corrected chi connectivity index (χ1v) is 7.18. The van der Waals surface area contributed by atoms with Crippen molar-refractivity contribution in [2.45, 2.75) is 12.8 Å². The van der Waals surface area contributed by atoms with Gasteiger partial charge >= 0.3 is 0 Å². The summed E-state index contributed by atoms with van der Waals surface area (Å²) in [6, 6.07) is 12.4. The van der Waals surface area contributed by atoms with Crippen LogP contribution in [0.2, 0.25) is 15.1 Å². The van der Waals surface area contributed by atoms with Gasteiger partial charge in [-0.25, -0.2) is 0 Å². The fourth-order valence-electron chi connectivity index (χ4n) is 1.75. The number of carbonyl (C=O) groups excluding carboxylic acids is 1. The zero-order valence-corrected chi connectivity index (χ0v) is 12.8. The Balaban J connectivity index is 1.94. The molecule has 0 saturated heterocycles. The van der Waals surface area contributed by atoms with Gasteiger partial charge in [0.25, 0.3) is 0 Å². The van der Waals surface area contributed by atoms with Gasteiger partial charge in [0, 0.05) is 16.5 Å². The van der Waals surface area contributed by atoms with Gasteiger partial charge in [-0.15, -0.1) is 0 Å². The molecule has 0 unspecified atom stereocenters. The Hall–Kier alpha value is -1.22. The van der Waals surface area contributed by atoms with Crippen molar-refractivity contribution < 1.29 is 4.79 Å². The number of halogens is 3. The van der Waals surface area contributed by atoms with E-state index in [-0.39, 0.29) is 5.91 Å². The summed E-state index contributed by atoms with van der Waals surface area (Å²) in [5.41, 5.74) is 1.51. The van der Waals surface area contributed by atoms with Crippen molar-refractivity contribution in [3.8, 4) is 0 Å². The molecule has 20 heavy (non-hydrogen) atoms. The summed E-state index contributed by atoms with van der Waals surface area (Å²) in [6.07, 6.45) is 0.916. The summed E-state index contributed by atoms with van der Waals surface area (Å²) in [7, 11) is 0. The van der Waals surface area contributed by atoms with Gasteiger partial charge in [-0.05, 0) is 36.2 Å². The second-order valence-corrected chi connectivity index (χ2v) is 5.51. The molecule has 0 fully saturated rings. The molecule has 104 valence electrons. The molecule has 0 aromatic heterocycles. The Labute approximate surface area is 132 Å². The van der Waals surface area contributed by atoms with Crippen LogP contribution in [0.1, 0.15) is 12.0 Å². The molecule has 0 spiro atoms. The average Bonchev–Trinajstić information content (AvgIpc) is 2.41. The van der Waals surface area contributed by atoms with Crippen LogP contribution in [0.5, 0.6) is 0 Å². The standard InChI is InChI=1S/C15H12Cl3NO/c16-11-6-7-14(13(18)9-11)19-15(20)8-5-10-3-1-2-4-12(10)17/h1-4,6-7,9H,5,8H2,(H,19,20). The maximum absolute atomic E-state index is 11.9. The molecule has 0 saturated carbocycles. The minimum Gasteiger partial charge on any atom is -0.325 e. The van der Waals surface area contributed by atoms with E-state index in [1.807, 2.05) is 24.3 Å². The number of anilines is 1. The maximum Gasteiger partial charge on any atom is 0.224 e. The fraction of sp³-hybridized carbons (Fsp3) is 0.133. The lowest BCUT2D eigenvalue weighted by atomic mass is 10.1. The van der Waals surface area contributed by atoms with Crippen molar-refractivity contribution in [3.05, 3.63) is 63.1 Å².